The zero-order chi connectivity index (χ0) is 21.5. The van der Waals surface area contributed by atoms with Gasteiger partial charge in [0.2, 0.25) is 11.8 Å². The molecule has 2 amide bonds. The fraction of sp³-hybridized carbons (Fsp3) is 0.417. The number of benzene rings is 2. The molecule has 2 aromatic rings. The molecule has 0 saturated heterocycles. The van der Waals surface area contributed by atoms with Crippen molar-refractivity contribution in [3.8, 4) is 0 Å². The predicted octanol–water partition coefficient (Wildman–Crippen LogP) is 4.70. The Balaban J connectivity index is 1.69. The molecule has 0 spiro atoms. The molecular weight excluding hydrogens is 399 g/mol. The number of aryl methyl sites for hydroxylation is 1. The van der Waals surface area contributed by atoms with Crippen molar-refractivity contribution in [3.05, 3.63) is 65.5 Å². The van der Waals surface area contributed by atoms with Gasteiger partial charge >= 0.3 is 0 Å². The van der Waals surface area contributed by atoms with Crippen LogP contribution in [0.3, 0.4) is 0 Å². The minimum Gasteiger partial charge on any atom is -0.352 e. The number of halogens is 1. The number of nitrogens with one attached hydrogen (secondary N) is 1. The van der Waals surface area contributed by atoms with E-state index < -0.39 is 6.04 Å². The maximum absolute atomic E-state index is 13.3. The third-order valence-corrected chi connectivity index (χ3v) is 6.52. The van der Waals surface area contributed by atoms with Gasteiger partial charge in [0.05, 0.1) is 5.75 Å². The van der Waals surface area contributed by atoms with E-state index in [1.165, 1.54) is 29.5 Å². The van der Waals surface area contributed by atoms with Crippen molar-refractivity contribution in [2.24, 2.45) is 0 Å². The van der Waals surface area contributed by atoms with Crippen LogP contribution in [0.2, 0.25) is 0 Å². The van der Waals surface area contributed by atoms with Crippen molar-refractivity contribution in [1.29, 1.82) is 0 Å². The Kier molecular flexibility index (Phi) is 7.91. The molecular formula is C24H29FN2O2S. The summed E-state index contributed by atoms with van der Waals surface area (Å²) in [4.78, 5) is 28.5. The Morgan fingerprint density at radius 1 is 1.10 bits per heavy atom. The third kappa shape index (κ3) is 6.33. The summed E-state index contributed by atoms with van der Waals surface area (Å²) in [5, 5.41) is 3.09. The van der Waals surface area contributed by atoms with Crippen LogP contribution in [0.4, 0.5) is 4.39 Å². The topological polar surface area (TPSA) is 49.4 Å². The maximum Gasteiger partial charge on any atom is 0.242 e. The van der Waals surface area contributed by atoms with E-state index in [2.05, 4.69) is 5.32 Å². The molecule has 0 aliphatic heterocycles. The molecule has 0 heterocycles. The number of hydrogen-bond acceptors (Lipinski definition) is 3. The normalized spacial score (nSPS) is 15.0. The molecule has 0 aromatic heterocycles. The Morgan fingerprint density at radius 3 is 2.37 bits per heavy atom. The largest absolute Gasteiger partial charge is 0.352 e. The van der Waals surface area contributed by atoms with E-state index in [1.54, 1.807) is 24.0 Å². The van der Waals surface area contributed by atoms with Crippen molar-refractivity contribution in [1.82, 2.24) is 10.2 Å². The van der Waals surface area contributed by atoms with Crippen LogP contribution in [0.5, 0.6) is 0 Å². The Morgan fingerprint density at radius 2 is 1.73 bits per heavy atom. The van der Waals surface area contributed by atoms with Crippen LogP contribution in [-0.2, 0) is 16.1 Å². The van der Waals surface area contributed by atoms with Crippen LogP contribution in [0, 0.1) is 12.7 Å². The number of hydrogen-bond donors (Lipinski definition) is 1. The number of carbonyl (C=O) groups excluding carboxylic acids is 2. The lowest BCUT2D eigenvalue weighted by Gasteiger charge is -2.29. The second-order valence-corrected chi connectivity index (χ2v) is 8.96. The van der Waals surface area contributed by atoms with Crippen molar-refractivity contribution >= 4 is 23.6 Å². The molecule has 0 bridgehead atoms. The number of thioether (sulfide) groups is 1. The van der Waals surface area contributed by atoms with Gasteiger partial charge in [0, 0.05) is 17.5 Å². The van der Waals surface area contributed by atoms with Gasteiger partial charge in [0.15, 0.2) is 0 Å². The molecule has 6 heteroatoms. The Bertz CT molecular complexity index is 849. The molecule has 2 aromatic carbocycles. The molecule has 160 valence electrons. The van der Waals surface area contributed by atoms with Gasteiger partial charge in [-0.2, -0.15) is 0 Å². The van der Waals surface area contributed by atoms with Crippen LogP contribution in [0.25, 0.3) is 0 Å². The van der Waals surface area contributed by atoms with Crippen LogP contribution < -0.4 is 5.32 Å². The summed E-state index contributed by atoms with van der Waals surface area (Å²) in [6.45, 7) is 4.06. The first-order valence-electron chi connectivity index (χ1n) is 10.5. The standard InChI is InChI=1S/C24H29FN2O2S/c1-17-7-13-22(14-8-17)30-16-23(28)27(15-19-9-11-20(25)12-10-19)18(2)24(29)26-21-5-3-4-6-21/h7-14,18,21H,3-6,15-16H2,1-2H3,(H,26,29)/t18-/m0/s1. The van der Waals surface area contributed by atoms with Crippen molar-refractivity contribution in [2.75, 3.05) is 5.75 Å². The summed E-state index contributed by atoms with van der Waals surface area (Å²) < 4.78 is 13.3. The average molecular weight is 429 g/mol. The summed E-state index contributed by atoms with van der Waals surface area (Å²) in [5.74, 6) is -0.319. The second-order valence-electron chi connectivity index (χ2n) is 7.92. The van der Waals surface area contributed by atoms with E-state index in [-0.39, 0.29) is 36.0 Å². The summed E-state index contributed by atoms with van der Waals surface area (Å²) in [7, 11) is 0. The first-order chi connectivity index (χ1) is 14.4. The average Bonchev–Trinajstić information content (AvgIpc) is 3.25. The highest BCUT2D eigenvalue weighted by Gasteiger charge is 2.28. The fourth-order valence-electron chi connectivity index (χ4n) is 3.62. The maximum atomic E-state index is 13.3. The molecule has 1 atom stereocenters. The zero-order valence-electron chi connectivity index (χ0n) is 17.6. The molecule has 0 radical (unpaired) electrons. The molecule has 1 N–H and O–H groups in total. The monoisotopic (exact) mass is 428 g/mol. The summed E-state index contributed by atoms with van der Waals surface area (Å²) in [6.07, 6.45) is 4.25. The van der Waals surface area contributed by atoms with Gasteiger partial charge in [0.25, 0.3) is 0 Å². The van der Waals surface area contributed by atoms with Crippen LogP contribution in [-0.4, -0.2) is 34.6 Å². The molecule has 1 saturated carbocycles. The lowest BCUT2D eigenvalue weighted by Crippen LogP contribution is -2.50. The lowest BCUT2D eigenvalue weighted by molar-refractivity contribution is -0.138. The molecule has 30 heavy (non-hydrogen) atoms. The number of carbonyl (C=O) groups is 2. The number of rotatable bonds is 8. The first-order valence-corrected chi connectivity index (χ1v) is 11.4. The van der Waals surface area contributed by atoms with Gasteiger partial charge in [0.1, 0.15) is 11.9 Å². The van der Waals surface area contributed by atoms with Gasteiger partial charge < -0.3 is 10.2 Å². The molecule has 0 unspecified atom stereocenters. The van der Waals surface area contributed by atoms with E-state index in [1.807, 2.05) is 31.2 Å². The highest BCUT2D eigenvalue weighted by Crippen LogP contribution is 2.21. The minimum atomic E-state index is -0.596. The quantitative estimate of drug-likeness (QED) is 0.620. The van der Waals surface area contributed by atoms with Crippen molar-refractivity contribution in [2.45, 2.75) is 63.1 Å². The van der Waals surface area contributed by atoms with E-state index >= 15 is 0 Å². The van der Waals surface area contributed by atoms with E-state index in [9.17, 15) is 14.0 Å². The van der Waals surface area contributed by atoms with Gasteiger partial charge in [-0.3, -0.25) is 9.59 Å². The van der Waals surface area contributed by atoms with E-state index in [0.717, 1.165) is 36.1 Å². The van der Waals surface area contributed by atoms with Gasteiger partial charge in [-0.25, -0.2) is 4.39 Å². The predicted molar refractivity (Wildman–Crippen MR) is 119 cm³/mol. The molecule has 4 nitrogen and oxygen atoms in total. The van der Waals surface area contributed by atoms with Gasteiger partial charge in [-0.15, -0.1) is 11.8 Å². The van der Waals surface area contributed by atoms with Crippen LogP contribution in [0.15, 0.2) is 53.4 Å². The van der Waals surface area contributed by atoms with E-state index in [4.69, 9.17) is 0 Å². The zero-order valence-corrected chi connectivity index (χ0v) is 18.4. The van der Waals surface area contributed by atoms with E-state index in [0.29, 0.717) is 0 Å². The first kappa shape index (κ1) is 22.3. The van der Waals surface area contributed by atoms with Crippen LogP contribution >= 0.6 is 11.8 Å². The minimum absolute atomic E-state index is 0.112. The fourth-order valence-corrected chi connectivity index (χ4v) is 4.41. The van der Waals surface area contributed by atoms with Crippen LogP contribution in [0.1, 0.15) is 43.7 Å². The SMILES string of the molecule is Cc1ccc(SCC(=O)N(Cc2ccc(F)cc2)[C@@H](C)C(=O)NC2CCCC2)cc1. The van der Waals surface area contributed by atoms with Crippen molar-refractivity contribution < 1.29 is 14.0 Å². The Labute approximate surface area is 182 Å². The smallest absolute Gasteiger partial charge is 0.242 e. The highest BCUT2D eigenvalue weighted by atomic mass is 32.2. The highest BCUT2D eigenvalue weighted by molar-refractivity contribution is 8.00. The summed E-state index contributed by atoms with van der Waals surface area (Å²) in [6, 6.07) is 13.7. The molecule has 1 aliphatic carbocycles. The second kappa shape index (κ2) is 10.6. The third-order valence-electron chi connectivity index (χ3n) is 5.52. The lowest BCUT2D eigenvalue weighted by atomic mass is 10.1. The number of amides is 2. The number of nitrogens with zero attached hydrogens (tertiary/aromatic N) is 1. The molecule has 1 aliphatic rings. The van der Waals surface area contributed by atoms with Gasteiger partial charge in [-0.1, -0.05) is 42.7 Å². The Hall–Kier alpha value is -2.34. The molecule has 1 fully saturated rings. The van der Waals surface area contributed by atoms with Gasteiger partial charge in [-0.05, 0) is 56.5 Å². The molecule has 3 rings (SSSR count). The van der Waals surface area contributed by atoms with Crippen molar-refractivity contribution in [3.63, 3.8) is 0 Å². The summed E-state index contributed by atoms with van der Waals surface area (Å²) >= 11 is 1.46. The summed E-state index contributed by atoms with van der Waals surface area (Å²) in [5.41, 5.74) is 1.96.